The molecule has 4 aromatic rings. The SMILES string of the molecule is CCn1c(=NC(=O)c2cc3ccccc3o2)sc2ccccc21. The molecule has 0 aliphatic rings. The molecule has 0 fully saturated rings. The third-order valence-electron chi connectivity index (χ3n) is 3.74. The summed E-state index contributed by atoms with van der Waals surface area (Å²) >= 11 is 1.51. The number of benzene rings is 2. The van der Waals surface area contributed by atoms with E-state index < -0.39 is 0 Å². The van der Waals surface area contributed by atoms with Gasteiger partial charge in [0, 0.05) is 11.9 Å². The van der Waals surface area contributed by atoms with Crippen LogP contribution in [0.1, 0.15) is 17.5 Å². The minimum absolute atomic E-state index is 0.270. The first-order valence-electron chi connectivity index (χ1n) is 7.42. The van der Waals surface area contributed by atoms with Gasteiger partial charge in [0.1, 0.15) is 5.58 Å². The summed E-state index contributed by atoms with van der Waals surface area (Å²) in [5, 5.41) is 0.908. The zero-order chi connectivity index (χ0) is 15.8. The Morgan fingerprint density at radius 3 is 2.78 bits per heavy atom. The standard InChI is InChI=1S/C18H14N2O2S/c1-2-20-13-8-4-6-10-16(13)23-18(20)19-17(21)15-11-12-7-3-5-9-14(12)22-15/h3-11H,2H2,1H3. The van der Waals surface area contributed by atoms with Crippen LogP contribution in [0.2, 0.25) is 0 Å². The van der Waals surface area contributed by atoms with E-state index in [0.29, 0.717) is 10.4 Å². The van der Waals surface area contributed by atoms with Crippen LogP contribution in [0, 0.1) is 0 Å². The Labute approximate surface area is 136 Å². The molecule has 0 unspecified atom stereocenters. The fourth-order valence-electron chi connectivity index (χ4n) is 2.64. The maximum atomic E-state index is 12.5. The number of thiazole rings is 1. The van der Waals surface area contributed by atoms with Gasteiger partial charge in [-0.15, -0.1) is 0 Å². The number of furan rings is 1. The second-order valence-electron chi connectivity index (χ2n) is 5.16. The Hall–Kier alpha value is -2.66. The van der Waals surface area contributed by atoms with E-state index in [1.807, 2.05) is 60.0 Å². The van der Waals surface area contributed by atoms with Crippen molar-refractivity contribution in [3.8, 4) is 0 Å². The molecule has 0 atom stereocenters. The fourth-order valence-corrected chi connectivity index (χ4v) is 3.73. The average Bonchev–Trinajstić information content (AvgIpc) is 3.15. The lowest BCUT2D eigenvalue weighted by atomic mass is 10.2. The van der Waals surface area contributed by atoms with E-state index in [-0.39, 0.29) is 11.7 Å². The highest BCUT2D eigenvalue weighted by molar-refractivity contribution is 7.16. The summed E-state index contributed by atoms with van der Waals surface area (Å²) in [5.74, 6) is -0.0822. The third-order valence-corrected chi connectivity index (χ3v) is 4.80. The van der Waals surface area contributed by atoms with Crippen molar-refractivity contribution in [1.82, 2.24) is 4.57 Å². The number of hydrogen-bond acceptors (Lipinski definition) is 3. The van der Waals surface area contributed by atoms with Crippen LogP contribution in [0.25, 0.3) is 21.2 Å². The molecule has 2 aromatic carbocycles. The van der Waals surface area contributed by atoms with Gasteiger partial charge in [-0.1, -0.05) is 41.7 Å². The van der Waals surface area contributed by atoms with E-state index in [1.165, 1.54) is 11.3 Å². The van der Waals surface area contributed by atoms with Crippen molar-refractivity contribution in [3.05, 3.63) is 65.2 Å². The molecule has 2 aromatic heterocycles. The first kappa shape index (κ1) is 14.0. The zero-order valence-electron chi connectivity index (χ0n) is 12.5. The summed E-state index contributed by atoms with van der Waals surface area (Å²) in [6, 6.07) is 17.4. The number of aryl methyl sites for hydroxylation is 1. The van der Waals surface area contributed by atoms with Gasteiger partial charge in [0.25, 0.3) is 0 Å². The molecule has 0 saturated carbocycles. The highest BCUT2D eigenvalue weighted by Gasteiger charge is 2.12. The molecule has 0 bridgehead atoms. The number of amides is 1. The highest BCUT2D eigenvalue weighted by Crippen LogP contribution is 2.20. The Morgan fingerprint density at radius 1 is 1.17 bits per heavy atom. The molecule has 0 saturated heterocycles. The number of rotatable bonds is 2. The van der Waals surface area contributed by atoms with Crippen LogP contribution in [0.15, 0.2) is 64.0 Å². The van der Waals surface area contributed by atoms with Crippen LogP contribution in [-0.2, 0) is 6.54 Å². The molecule has 0 N–H and O–H groups in total. The van der Waals surface area contributed by atoms with Crippen molar-refractivity contribution in [3.63, 3.8) is 0 Å². The molecule has 4 nitrogen and oxygen atoms in total. The number of para-hydroxylation sites is 2. The summed E-state index contributed by atoms with van der Waals surface area (Å²) in [5.41, 5.74) is 1.79. The van der Waals surface area contributed by atoms with E-state index in [1.54, 1.807) is 6.07 Å². The monoisotopic (exact) mass is 322 g/mol. The first-order chi connectivity index (χ1) is 11.3. The topological polar surface area (TPSA) is 47.5 Å². The summed E-state index contributed by atoms with van der Waals surface area (Å²) in [6.45, 7) is 2.81. The van der Waals surface area contributed by atoms with E-state index in [9.17, 15) is 4.79 Å². The van der Waals surface area contributed by atoms with Crippen LogP contribution in [0.3, 0.4) is 0 Å². The zero-order valence-corrected chi connectivity index (χ0v) is 13.3. The fraction of sp³-hybridized carbons (Fsp3) is 0.111. The number of carbonyl (C=O) groups excluding carboxylic acids is 1. The summed E-state index contributed by atoms with van der Waals surface area (Å²) in [7, 11) is 0. The van der Waals surface area contributed by atoms with Gasteiger partial charge in [-0.05, 0) is 31.2 Å². The van der Waals surface area contributed by atoms with Crippen LogP contribution in [0.4, 0.5) is 0 Å². The Balaban J connectivity index is 1.84. The normalized spacial score (nSPS) is 12.3. The molecular formula is C18H14N2O2S. The number of fused-ring (bicyclic) bond motifs is 2. The molecule has 0 aliphatic carbocycles. The predicted octanol–water partition coefficient (Wildman–Crippen LogP) is 4.21. The van der Waals surface area contributed by atoms with Crippen LogP contribution >= 0.6 is 11.3 Å². The van der Waals surface area contributed by atoms with E-state index in [4.69, 9.17) is 4.42 Å². The van der Waals surface area contributed by atoms with Gasteiger partial charge >= 0.3 is 5.91 Å². The molecule has 2 heterocycles. The smallest absolute Gasteiger partial charge is 0.315 e. The van der Waals surface area contributed by atoms with Gasteiger partial charge in [-0.3, -0.25) is 4.79 Å². The number of hydrogen-bond donors (Lipinski definition) is 0. The molecule has 114 valence electrons. The van der Waals surface area contributed by atoms with Crippen molar-refractivity contribution >= 4 is 38.4 Å². The van der Waals surface area contributed by atoms with Gasteiger partial charge in [-0.25, -0.2) is 0 Å². The molecule has 0 aliphatic heterocycles. The molecular weight excluding hydrogens is 308 g/mol. The number of aromatic nitrogens is 1. The van der Waals surface area contributed by atoms with E-state index in [2.05, 4.69) is 4.99 Å². The van der Waals surface area contributed by atoms with Gasteiger partial charge in [0.05, 0.1) is 10.2 Å². The molecule has 0 spiro atoms. The summed E-state index contributed by atoms with van der Waals surface area (Å²) in [4.78, 5) is 17.4. The minimum atomic E-state index is -0.352. The summed E-state index contributed by atoms with van der Waals surface area (Å²) in [6.07, 6.45) is 0. The minimum Gasteiger partial charge on any atom is -0.451 e. The lowest BCUT2D eigenvalue weighted by molar-refractivity contribution is 0.0973. The van der Waals surface area contributed by atoms with Gasteiger partial charge in [-0.2, -0.15) is 4.99 Å². The van der Waals surface area contributed by atoms with Crippen LogP contribution in [-0.4, -0.2) is 10.5 Å². The van der Waals surface area contributed by atoms with Crippen molar-refractivity contribution in [2.24, 2.45) is 4.99 Å². The molecule has 23 heavy (non-hydrogen) atoms. The lowest BCUT2D eigenvalue weighted by Crippen LogP contribution is -2.15. The molecule has 0 radical (unpaired) electrons. The third kappa shape index (κ3) is 2.39. The van der Waals surface area contributed by atoms with Gasteiger partial charge in [0.2, 0.25) is 0 Å². The average molecular weight is 322 g/mol. The van der Waals surface area contributed by atoms with Gasteiger partial charge in [0.15, 0.2) is 10.6 Å². The largest absolute Gasteiger partial charge is 0.451 e. The summed E-state index contributed by atoms with van der Waals surface area (Å²) < 4.78 is 8.76. The first-order valence-corrected chi connectivity index (χ1v) is 8.24. The molecule has 5 heteroatoms. The number of carbonyl (C=O) groups is 1. The Morgan fingerprint density at radius 2 is 1.96 bits per heavy atom. The molecule has 1 amide bonds. The lowest BCUT2D eigenvalue weighted by Gasteiger charge is -1.98. The van der Waals surface area contributed by atoms with Crippen LogP contribution < -0.4 is 4.80 Å². The van der Waals surface area contributed by atoms with Crippen molar-refractivity contribution in [1.29, 1.82) is 0 Å². The second kappa shape index (κ2) is 5.52. The molecule has 4 rings (SSSR count). The predicted molar refractivity (Wildman–Crippen MR) is 91.6 cm³/mol. The Kier molecular flexibility index (Phi) is 3.35. The second-order valence-corrected chi connectivity index (χ2v) is 6.17. The maximum Gasteiger partial charge on any atom is 0.315 e. The number of nitrogens with zero attached hydrogens (tertiary/aromatic N) is 2. The van der Waals surface area contributed by atoms with Crippen molar-refractivity contribution in [2.45, 2.75) is 13.5 Å². The van der Waals surface area contributed by atoms with Gasteiger partial charge < -0.3 is 8.98 Å². The Bertz CT molecular complexity index is 1050. The van der Waals surface area contributed by atoms with Crippen LogP contribution in [0.5, 0.6) is 0 Å². The van der Waals surface area contributed by atoms with E-state index in [0.717, 1.165) is 22.1 Å². The van der Waals surface area contributed by atoms with Crippen molar-refractivity contribution in [2.75, 3.05) is 0 Å². The van der Waals surface area contributed by atoms with Crippen molar-refractivity contribution < 1.29 is 9.21 Å². The highest BCUT2D eigenvalue weighted by atomic mass is 32.1. The quantitative estimate of drug-likeness (QED) is 0.555. The van der Waals surface area contributed by atoms with E-state index >= 15 is 0 Å². The maximum absolute atomic E-state index is 12.5.